The van der Waals surface area contributed by atoms with Crippen molar-refractivity contribution in [1.29, 1.82) is 0 Å². The SMILES string of the molecule is O=S(=O)(c1ccccc1-c1cccc2ccccc12)N1CCC(CCc2ccc(F)cc2F)CC1. The second-order valence-electron chi connectivity index (χ2n) is 9.14. The highest BCUT2D eigenvalue weighted by atomic mass is 32.2. The largest absolute Gasteiger partial charge is 0.243 e. The van der Waals surface area contributed by atoms with Gasteiger partial charge in [-0.1, -0.05) is 66.7 Å². The van der Waals surface area contributed by atoms with Gasteiger partial charge in [0.15, 0.2) is 0 Å². The van der Waals surface area contributed by atoms with Crippen molar-refractivity contribution in [3.05, 3.63) is 102 Å². The number of fused-ring (bicyclic) bond motifs is 1. The Kier molecular flexibility index (Phi) is 6.67. The Morgan fingerprint density at radius 3 is 2.29 bits per heavy atom. The summed E-state index contributed by atoms with van der Waals surface area (Å²) in [5, 5.41) is 2.08. The third kappa shape index (κ3) is 4.86. The number of nitrogens with zero attached hydrogens (tertiary/aromatic N) is 1. The van der Waals surface area contributed by atoms with E-state index >= 15 is 0 Å². The van der Waals surface area contributed by atoms with Crippen molar-refractivity contribution in [2.45, 2.75) is 30.6 Å². The first-order chi connectivity index (χ1) is 16.9. The molecule has 0 unspecified atom stereocenters. The molecule has 0 aromatic heterocycles. The summed E-state index contributed by atoms with van der Waals surface area (Å²) < 4.78 is 56.1. The van der Waals surface area contributed by atoms with E-state index in [2.05, 4.69) is 0 Å². The van der Waals surface area contributed by atoms with Crippen molar-refractivity contribution in [2.24, 2.45) is 5.92 Å². The average molecular weight is 492 g/mol. The normalized spacial score (nSPS) is 15.5. The summed E-state index contributed by atoms with van der Waals surface area (Å²) in [4.78, 5) is 0.322. The molecule has 3 nitrogen and oxygen atoms in total. The molecule has 0 N–H and O–H groups in total. The van der Waals surface area contributed by atoms with Crippen LogP contribution in [0.3, 0.4) is 0 Å². The standard InChI is InChI=1S/C29H27F2NO2S/c30-24-15-14-23(28(31)20-24)13-12-21-16-18-32(19-17-21)35(33,34)29-11-4-3-9-27(29)26-10-5-7-22-6-1-2-8-25(22)26/h1-11,14-15,20-21H,12-13,16-19H2. The first kappa shape index (κ1) is 23.6. The second kappa shape index (κ2) is 9.88. The smallest absolute Gasteiger partial charge is 0.207 e. The lowest BCUT2D eigenvalue weighted by molar-refractivity contribution is 0.263. The quantitative estimate of drug-likeness (QED) is 0.297. The number of rotatable bonds is 6. The van der Waals surface area contributed by atoms with Gasteiger partial charge in [-0.25, -0.2) is 17.2 Å². The van der Waals surface area contributed by atoms with E-state index in [1.54, 1.807) is 16.4 Å². The summed E-state index contributed by atoms with van der Waals surface area (Å²) in [5.41, 5.74) is 2.11. The lowest BCUT2D eigenvalue weighted by Gasteiger charge is -2.32. The summed E-state index contributed by atoms with van der Waals surface area (Å²) in [6, 6.07) is 24.8. The van der Waals surface area contributed by atoms with E-state index in [-0.39, 0.29) is 0 Å². The molecule has 0 aliphatic carbocycles. The van der Waals surface area contributed by atoms with Crippen LogP contribution in [0.15, 0.2) is 89.8 Å². The Bertz CT molecular complexity index is 1460. The summed E-state index contributed by atoms with van der Waals surface area (Å²) >= 11 is 0. The Hall–Kier alpha value is -3.09. The zero-order valence-electron chi connectivity index (χ0n) is 19.3. The molecule has 180 valence electrons. The minimum Gasteiger partial charge on any atom is -0.207 e. The molecule has 0 saturated carbocycles. The van der Waals surface area contributed by atoms with Gasteiger partial charge >= 0.3 is 0 Å². The Balaban J connectivity index is 1.33. The van der Waals surface area contributed by atoms with Crippen LogP contribution in [0.1, 0.15) is 24.8 Å². The molecule has 0 atom stereocenters. The van der Waals surface area contributed by atoms with Crippen LogP contribution in [0.4, 0.5) is 8.78 Å². The van der Waals surface area contributed by atoms with Crippen molar-refractivity contribution in [3.63, 3.8) is 0 Å². The van der Waals surface area contributed by atoms with E-state index in [0.717, 1.165) is 41.7 Å². The predicted octanol–water partition coefficient (Wildman–Crippen LogP) is 6.82. The second-order valence-corrected chi connectivity index (χ2v) is 11.1. The monoisotopic (exact) mass is 491 g/mol. The molecular weight excluding hydrogens is 464 g/mol. The number of hydrogen-bond donors (Lipinski definition) is 0. The third-order valence-corrected chi connectivity index (χ3v) is 8.95. The molecule has 4 aromatic rings. The maximum absolute atomic E-state index is 14.0. The molecule has 6 heteroatoms. The lowest BCUT2D eigenvalue weighted by Crippen LogP contribution is -2.38. The maximum atomic E-state index is 14.0. The van der Waals surface area contributed by atoms with Gasteiger partial charge in [0.25, 0.3) is 0 Å². The molecule has 1 saturated heterocycles. The van der Waals surface area contributed by atoms with Gasteiger partial charge in [-0.15, -0.1) is 0 Å². The van der Waals surface area contributed by atoms with E-state index in [0.29, 0.717) is 41.5 Å². The van der Waals surface area contributed by atoms with Gasteiger partial charge in [0, 0.05) is 24.7 Å². The Morgan fingerprint density at radius 2 is 1.49 bits per heavy atom. The Morgan fingerprint density at radius 1 is 0.800 bits per heavy atom. The lowest BCUT2D eigenvalue weighted by atomic mass is 9.91. The molecule has 0 bridgehead atoms. The van der Waals surface area contributed by atoms with Gasteiger partial charge in [-0.2, -0.15) is 4.31 Å². The van der Waals surface area contributed by atoms with Crippen LogP contribution in [0.2, 0.25) is 0 Å². The Labute approximate surface area is 205 Å². The van der Waals surface area contributed by atoms with E-state index < -0.39 is 21.7 Å². The maximum Gasteiger partial charge on any atom is 0.243 e. The molecule has 0 spiro atoms. The van der Waals surface area contributed by atoms with Gasteiger partial charge < -0.3 is 0 Å². The fourth-order valence-corrected chi connectivity index (χ4v) is 6.71. The van der Waals surface area contributed by atoms with Crippen LogP contribution < -0.4 is 0 Å². The van der Waals surface area contributed by atoms with Crippen molar-refractivity contribution in [2.75, 3.05) is 13.1 Å². The first-order valence-electron chi connectivity index (χ1n) is 11.9. The van der Waals surface area contributed by atoms with E-state index in [4.69, 9.17) is 0 Å². The van der Waals surface area contributed by atoms with Crippen LogP contribution >= 0.6 is 0 Å². The van der Waals surface area contributed by atoms with E-state index in [1.165, 1.54) is 12.1 Å². The zero-order chi connectivity index (χ0) is 24.4. The highest BCUT2D eigenvalue weighted by molar-refractivity contribution is 7.89. The topological polar surface area (TPSA) is 37.4 Å². The van der Waals surface area contributed by atoms with E-state index in [1.807, 2.05) is 54.6 Å². The van der Waals surface area contributed by atoms with Crippen LogP contribution in [-0.4, -0.2) is 25.8 Å². The highest BCUT2D eigenvalue weighted by Crippen LogP contribution is 2.35. The molecule has 1 aliphatic heterocycles. The summed E-state index contributed by atoms with van der Waals surface area (Å²) in [5.74, 6) is -0.789. The van der Waals surface area contributed by atoms with Crippen molar-refractivity contribution in [1.82, 2.24) is 4.31 Å². The van der Waals surface area contributed by atoms with Gasteiger partial charge in [-0.05, 0) is 65.6 Å². The van der Waals surface area contributed by atoms with Crippen molar-refractivity contribution >= 4 is 20.8 Å². The van der Waals surface area contributed by atoms with Crippen molar-refractivity contribution < 1.29 is 17.2 Å². The summed E-state index contributed by atoms with van der Waals surface area (Å²) in [6.45, 7) is 0.867. The molecule has 1 heterocycles. The number of hydrogen-bond acceptors (Lipinski definition) is 2. The van der Waals surface area contributed by atoms with Gasteiger partial charge in [-0.3, -0.25) is 0 Å². The highest BCUT2D eigenvalue weighted by Gasteiger charge is 2.31. The van der Waals surface area contributed by atoms with Crippen LogP contribution in [0.5, 0.6) is 0 Å². The van der Waals surface area contributed by atoms with Crippen LogP contribution in [0, 0.1) is 17.6 Å². The number of sulfonamides is 1. The van der Waals surface area contributed by atoms with Crippen LogP contribution in [-0.2, 0) is 16.4 Å². The molecule has 0 radical (unpaired) electrons. The summed E-state index contributed by atoms with van der Waals surface area (Å²) in [6.07, 6.45) is 2.72. The molecule has 5 rings (SSSR count). The molecule has 1 aliphatic rings. The van der Waals surface area contributed by atoms with Gasteiger partial charge in [0.1, 0.15) is 11.6 Å². The minimum absolute atomic E-state index is 0.305. The number of aryl methyl sites for hydroxylation is 1. The third-order valence-electron chi connectivity index (χ3n) is 7.00. The van der Waals surface area contributed by atoms with Gasteiger partial charge in [0.2, 0.25) is 10.0 Å². The number of piperidine rings is 1. The zero-order valence-corrected chi connectivity index (χ0v) is 20.1. The molecule has 1 fully saturated rings. The molecular formula is C29H27F2NO2S. The fraction of sp³-hybridized carbons (Fsp3) is 0.241. The average Bonchev–Trinajstić information content (AvgIpc) is 2.88. The van der Waals surface area contributed by atoms with E-state index in [9.17, 15) is 17.2 Å². The summed E-state index contributed by atoms with van der Waals surface area (Å²) in [7, 11) is -3.68. The molecule has 35 heavy (non-hydrogen) atoms. The predicted molar refractivity (Wildman–Crippen MR) is 136 cm³/mol. The van der Waals surface area contributed by atoms with Crippen LogP contribution in [0.25, 0.3) is 21.9 Å². The molecule has 0 amide bonds. The van der Waals surface area contributed by atoms with Crippen molar-refractivity contribution in [3.8, 4) is 11.1 Å². The molecule has 4 aromatic carbocycles. The fourth-order valence-electron chi connectivity index (χ4n) is 5.04. The van der Waals surface area contributed by atoms with Gasteiger partial charge in [0.05, 0.1) is 4.90 Å². The number of halogens is 2. The minimum atomic E-state index is -3.68. The first-order valence-corrected chi connectivity index (χ1v) is 13.4. The number of benzene rings is 4.